The molecule has 9 heavy (non-hydrogen) atoms. The number of hydrogen-bond donors (Lipinski definition) is 1. The second-order valence-electron chi connectivity index (χ2n) is 2.71. The maximum absolute atomic E-state index is 3.27. The van der Waals surface area contributed by atoms with Gasteiger partial charge in [-0.15, -0.1) is 0 Å². The maximum Gasteiger partial charge on any atom is 0.0431 e. The molecule has 0 spiro atoms. The first kappa shape index (κ1) is 7.11. The summed E-state index contributed by atoms with van der Waals surface area (Å²) >= 11 is 3.11. The van der Waals surface area contributed by atoms with Crippen LogP contribution in [-0.4, -0.2) is 13.1 Å². The van der Waals surface area contributed by atoms with E-state index in [0.717, 1.165) is 13.1 Å². The molecule has 1 nitrogen and oxygen atoms in total. The van der Waals surface area contributed by atoms with E-state index < -0.39 is 0 Å². The van der Waals surface area contributed by atoms with Gasteiger partial charge in [0.2, 0.25) is 0 Å². The number of hydrogen-bond acceptors (Lipinski definition) is 1. The van der Waals surface area contributed by atoms with E-state index in [2.05, 4.69) is 38.9 Å². The lowest BCUT2D eigenvalue weighted by Crippen LogP contribution is -2.17. The molecule has 1 N–H and O–H groups in total. The lowest BCUT2D eigenvalue weighted by Gasteiger charge is -2.12. The second-order valence-corrected chi connectivity index (χ2v) is 3.10. The molecular formula is C7H10BrN. The predicted molar refractivity (Wildman–Crippen MR) is 42.3 cm³/mol. The van der Waals surface area contributed by atoms with Gasteiger partial charge < -0.3 is 5.32 Å². The van der Waals surface area contributed by atoms with Crippen LogP contribution in [0.1, 0.15) is 13.3 Å². The van der Waals surface area contributed by atoms with Crippen LogP contribution in [0.3, 0.4) is 0 Å². The lowest BCUT2D eigenvalue weighted by atomic mass is 9.91. The molecule has 1 fully saturated rings. The molecule has 0 saturated carbocycles. The molecule has 1 heterocycles. The molecule has 0 aromatic carbocycles. The van der Waals surface area contributed by atoms with Gasteiger partial charge in [0.05, 0.1) is 0 Å². The quantitative estimate of drug-likeness (QED) is 0.565. The van der Waals surface area contributed by atoms with Crippen LogP contribution in [0.5, 0.6) is 0 Å². The fourth-order valence-corrected chi connectivity index (χ4v) is 1.52. The Morgan fingerprint density at radius 3 is 2.89 bits per heavy atom. The van der Waals surface area contributed by atoms with Crippen molar-refractivity contribution < 1.29 is 0 Å². The highest BCUT2D eigenvalue weighted by molar-refractivity contribution is 9.12. The average Bonchev–Trinajstić information content (AvgIpc) is 2.16. The third-order valence-corrected chi connectivity index (χ3v) is 1.92. The van der Waals surface area contributed by atoms with Crippen molar-refractivity contribution in [1.29, 1.82) is 0 Å². The van der Waals surface area contributed by atoms with Gasteiger partial charge in [-0.2, -0.15) is 0 Å². The minimum atomic E-state index is 0.226. The molecule has 1 atom stereocenters. The largest absolute Gasteiger partial charge is 0.315 e. The molecule has 1 rings (SSSR count). The Labute approximate surface area is 64.3 Å². The smallest absolute Gasteiger partial charge is 0.0431 e. The van der Waals surface area contributed by atoms with Crippen molar-refractivity contribution in [2.45, 2.75) is 13.3 Å². The summed E-state index contributed by atoms with van der Waals surface area (Å²) in [5.41, 5.74) is 0.226. The van der Waals surface area contributed by atoms with Gasteiger partial charge in [-0.05, 0) is 24.7 Å². The molecule has 1 saturated heterocycles. The third-order valence-electron chi connectivity index (χ3n) is 1.72. The SMILES string of the molecule is CC1(C#CBr)CCNC1. The van der Waals surface area contributed by atoms with E-state index in [9.17, 15) is 0 Å². The fourth-order valence-electron chi connectivity index (χ4n) is 1.04. The fraction of sp³-hybridized carbons (Fsp3) is 0.714. The Bertz CT molecular complexity index is 148. The highest BCUT2D eigenvalue weighted by Crippen LogP contribution is 2.22. The van der Waals surface area contributed by atoms with Crippen LogP contribution in [0.15, 0.2) is 0 Å². The molecule has 0 aromatic heterocycles. The van der Waals surface area contributed by atoms with Crippen LogP contribution < -0.4 is 5.32 Å². The third kappa shape index (κ3) is 1.70. The monoisotopic (exact) mass is 187 g/mol. The Balaban J connectivity index is 2.58. The lowest BCUT2D eigenvalue weighted by molar-refractivity contribution is 0.504. The van der Waals surface area contributed by atoms with Gasteiger partial charge >= 0.3 is 0 Å². The van der Waals surface area contributed by atoms with Crippen molar-refractivity contribution in [3.8, 4) is 10.8 Å². The molecule has 1 unspecified atom stereocenters. The van der Waals surface area contributed by atoms with Crippen molar-refractivity contribution >= 4 is 15.9 Å². The molecule has 0 aliphatic carbocycles. The van der Waals surface area contributed by atoms with Crippen molar-refractivity contribution in [2.24, 2.45) is 5.41 Å². The van der Waals surface area contributed by atoms with E-state index in [1.807, 2.05) is 0 Å². The normalized spacial score (nSPS) is 33.6. The standard InChI is InChI=1S/C7H10BrN/c1-7(2-4-8)3-5-9-6-7/h9H,3,5-6H2,1H3. The van der Waals surface area contributed by atoms with Crippen LogP contribution in [0.4, 0.5) is 0 Å². The zero-order valence-corrected chi connectivity index (χ0v) is 7.09. The number of nitrogens with one attached hydrogen (secondary N) is 1. The number of rotatable bonds is 0. The van der Waals surface area contributed by atoms with E-state index in [1.165, 1.54) is 6.42 Å². The Morgan fingerprint density at radius 1 is 1.67 bits per heavy atom. The molecule has 0 aromatic rings. The van der Waals surface area contributed by atoms with Crippen molar-refractivity contribution in [1.82, 2.24) is 5.32 Å². The molecular weight excluding hydrogens is 178 g/mol. The highest BCUT2D eigenvalue weighted by Gasteiger charge is 2.25. The highest BCUT2D eigenvalue weighted by atomic mass is 79.9. The summed E-state index contributed by atoms with van der Waals surface area (Å²) in [5.74, 6) is 3.12. The van der Waals surface area contributed by atoms with Crippen LogP contribution in [0.25, 0.3) is 0 Å². The summed E-state index contributed by atoms with van der Waals surface area (Å²) in [6.45, 7) is 4.32. The number of halogens is 1. The Hall–Kier alpha value is -0.0000000000000000208. The van der Waals surface area contributed by atoms with Crippen LogP contribution >= 0.6 is 15.9 Å². The van der Waals surface area contributed by atoms with Crippen LogP contribution in [0, 0.1) is 16.2 Å². The zero-order valence-electron chi connectivity index (χ0n) is 5.50. The molecule has 1 aliphatic rings. The first-order valence-corrected chi connectivity index (χ1v) is 3.90. The van der Waals surface area contributed by atoms with Crippen LogP contribution in [-0.2, 0) is 0 Å². The molecule has 0 bridgehead atoms. The van der Waals surface area contributed by atoms with E-state index in [1.54, 1.807) is 0 Å². The molecule has 0 amide bonds. The Morgan fingerprint density at radius 2 is 2.44 bits per heavy atom. The van der Waals surface area contributed by atoms with Crippen molar-refractivity contribution in [2.75, 3.05) is 13.1 Å². The predicted octanol–water partition coefficient (Wildman–Crippen LogP) is 1.34. The van der Waals surface area contributed by atoms with Crippen molar-refractivity contribution in [3.63, 3.8) is 0 Å². The second kappa shape index (κ2) is 2.72. The topological polar surface area (TPSA) is 12.0 Å². The van der Waals surface area contributed by atoms with Crippen molar-refractivity contribution in [3.05, 3.63) is 0 Å². The zero-order chi connectivity index (χ0) is 6.74. The van der Waals surface area contributed by atoms with E-state index in [0.29, 0.717) is 0 Å². The summed E-state index contributed by atoms with van der Waals surface area (Å²) in [5, 5.41) is 3.27. The summed E-state index contributed by atoms with van der Waals surface area (Å²) in [6.07, 6.45) is 1.17. The molecule has 1 aliphatic heterocycles. The van der Waals surface area contributed by atoms with Gasteiger partial charge in [0.1, 0.15) is 0 Å². The van der Waals surface area contributed by atoms with Gasteiger partial charge in [0, 0.05) is 27.9 Å². The first-order valence-electron chi connectivity index (χ1n) is 3.10. The van der Waals surface area contributed by atoms with Gasteiger partial charge in [0.15, 0.2) is 0 Å². The first-order chi connectivity index (χ1) is 4.27. The van der Waals surface area contributed by atoms with Gasteiger partial charge in [-0.25, -0.2) is 0 Å². The Kier molecular flexibility index (Phi) is 2.15. The maximum atomic E-state index is 3.27. The summed E-state index contributed by atoms with van der Waals surface area (Å²) in [4.78, 5) is 2.77. The van der Waals surface area contributed by atoms with Gasteiger partial charge in [-0.1, -0.05) is 5.92 Å². The van der Waals surface area contributed by atoms with Gasteiger partial charge in [-0.3, -0.25) is 0 Å². The van der Waals surface area contributed by atoms with Gasteiger partial charge in [0.25, 0.3) is 0 Å². The summed E-state index contributed by atoms with van der Waals surface area (Å²) in [7, 11) is 0. The minimum absolute atomic E-state index is 0.226. The van der Waals surface area contributed by atoms with E-state index in [4.69, 9.17) is 0 Å². The van der Waals surface area contributed by atoms with E-state index >= 15 is 0 Å². The molecule has 2 heteroatoms. The van der Waals surface area contributed by atoms with Crippen LogP contribution in [0.2, 0.25) is 0 Å². The summed E-state index contributed by atoms with van der Waals surface area (Å²) in [6, 6.07) is 0. The summed E-state index contributed by atoms with van der Waals surface area (Å²) < 4.78 is 0. The minimum Gasteiger partial charge on any atom is -0.315 e. The molecule has 50 valence electrons. The molecule has 0 radical (unpaired) electrons. The van der Waals surface area contributed by atoms with E-state index in [-0.39, 0.29) is 5.41 Å². The average molecular weight is 188 g/mol.